The summed E-state index contributed by atoms with van der Waals surface area (Å²) in [5, 5.41) is 5.82. The number of nitrogens with zero attached hydrogens (tertiary/aromatic N) is 2. The summed E-state index contributed by atoms with van der Waals surface area (Å²) in [5.74, 6) is 1.47. The number of hydrogen-bond donors (Lipinski definition) is 1. The minimum absolute atomic E-state index is 0.0886. The van der Waals surface area contributed by atoms with Crippen molar-refractivity contribution in [1.29, 1.82) is 0 Å². The van der Waals surface area contributed by atoms with Gasteiger partial charge in [0.15, 0.2) is 0 Å². The van der Waals surface area contributed by atoms with E-state index in [-0.39, 0.29) is 5.91 Å². The molecule has 0 aliphatic rings. The molecule has 0 fully saturated rings. The van der Waals surface area contributed by atoms with Gasteiger partial charge in [-0.15, -0.1) is 11.3 Å². The van der Waals surface area contributed by atoms with Gasteiger partial charge in [0.1, 0.15) is 23.1 Å². The summed E-state index contributed by atoms with van der Waals surface area (Å²) >= 11 is 1.55. The molecule has 1 amide bonds. The van der Waals surface area contributed by atoms with Crippen LogP contribution in [-0.4, -0.2) is 42.8 Å². The quantitative estimate of drug-likeness (QED) is 0.400. The van der Waals surface area contributed by atoms with E-state index in [0.29, 0.717) is 25.3 Å². The third-order valence-corrected chi connectivity index (χ3v) is 6.00. The molecule has 172 valence electrons. The van der Waals surface area contributed by atoms with Crippen LogP contribution in [0, 0.1) is 6.92 Å². The molecule has 32 heavy (non-hydrogen) atoms. The molecule has 0 saturated heterocycles. The van der Waals surface area contributed by atoms with E-state index in [0.717, 1.165) is 53.0 Å². The number of rotatable bonds is 12. The number of carbonyl (C=O) groups is 1. The van der Waals surface area contributed by atoms with Crippen LogP contribution in [0.15, 0.2) is 35.7 Å². The Morgan fingerprint density at radius 1 is 1.19 bits per heavy atom. The van der Waals surface area contributed by atoms with E-state index in [4.69, 9.17) is 19.2 Å². The van der Waals surface area contributed by atoms with Gasteiger partial charge in [-0.25, -0.2) is 4.98 Å². The number of carbonyl (C=O) groups excluding carboxylic acids is 1. The van der Waals surface area contributed by atoms with Crippen molar-refractivity contribution in [3.63, 3.8) is 0 Å². The van der Waals surface area contributed by atoms with Crippen LogP contribution in [0.1, 0.15) is 40.8 Å². The van der Waals surface area contributed by atoms with Crippen LogP contribution in [0.4, 0.5) is 0 Å². The maximum atomic E-state index is 12.7. The van der Waals surface area contributed by atoms with Gasteiger partial charge in [-0.3, -0.25) is 4.79 Å². The third kappa shape index (κ3) is 5.89. The average molecular weight is 458 g/mol. The Balaban J connectivity index is 1.77. The summed E-state index contributed by atoms with van der Waals surface area (Å²) in [4.78, 5) is 17.5. The zero-order valence-electron chi connectivity index (χ0n) is 19.1. The van der Waals surface area contributed by atoms with E-state index in [1.54, 1.807) is 25.6 Å². The molecule has 8 heteroatoms. The topological polar surface area (TPSA) is 74.6 Å². The number of ether oxygens (including phenoxy) is 3. The molecule has 3 rings (SSSR count). The molecule has 0 bridgehead atoms. The lowest BCUT2D eigenvalue weighted by Gasteiger charge is -2.10. The normalized spacial score (nSPS) is 10.9. The highest BCUT2D eigenvalue weighted by Crippen LogP contribution is 2.28. The first-order chi connectivity index (χ1) is 15.6. The molecule has 1 aromatic carbocycles. The lowest BCUT2D eigenvalue weighted by molar-refractivity contribution is 0.0936. The lowest BCUT2D eigenvalue weighted by Crippen LogP contribution is -2.27. The summed E-state index contributed by atoms with van der Waals surface area (Å²) in [6.45, 7) is 6.35. The Morgan fingerprint density at radius 3 is 2.62 bits per heavy atom. The second-order valence-corrected chi connectivity index (χ2v) is 8.32. The lowest BCUT2D eigenvalue weighted by atomic mass is 10.2. The molecular formula is C24H31N3O4S. The molecule has 1 N–H and O–H groups in total. The van der Waals surface area contributed by atoms with Crippen molar-refractivity contribution >= 4 is 17.2 Å². The average Bonchev–Trinajstić information content (AvgIpc) is 3.41. The second-order valence-electron chi connectivity index (χ2n) is 7.37. The highest BCUT2D eigenvalue weighted by atomic mass is 32.1. The summed E-state index contributed by atoms with van der Waals surface area (Å²) in [7, 11) is 3.26. The summed E-state index contributed by atoms with van der Waals surface area (Å²) in [6.07, 6.45) is 2.11. The standard InChI is InChI=1S/C24H31N3O4S/c1-5-6-12-27-17(2)20(24(28)25-11-13-29-3)14-22(27)21-16-32-23(26-21)15-31-19-9-7-18(30-4)8-10-19/h7-10,14,16H,5-6,11-13,15H2,1-4H3,(H,25,28). The number of amides is 1. The van der Waals surface area contributed by atoms with Crippen LogP contribution in [0.5, 0.6) is 11.5 Å². The van der Waals surface area contributed by atoms with Crippen LogP contribution in [0.25, 0.3) is 11.4 Å². The van der Waals surface area contributed by atoms with Gasteiger partial charge in [-0.05, 0) is 43.7 Å². The van der Waals surface area contributed by atoms with Gasteiger partial charge in [0.25, 0.3) is 5.91 Å². The zero-order valence-corrected chi connectivity index (χ0v) is 20.0. The van der Waals surface area contributed by atoms with Gasteiger partial charge in [0.05, 0.1) is 30.7 Å². The molecule has 0 radical (unpaired) electrons. The molecule has 0 spiro atoms. The SMILES string of the molecule is CCCCn1c(-c2csc(COc3ccc(OC)cc3)n2)cc(C(=O)NCCOC)c1C. The Bertz CT molecular complexity index is 1010. The maximum absolute atomic E-state index is 12.7. The Labute approximate surface area is 193 Å². The van der Waals surface area contributed by atoms with Crippen LogP contribution >= 0.6 is 11.3 Å². The first-order valence-electron chi connectivity index (χ1n) is 10.8. The molecule has 0 unspecified atom stereocenters. The van der Waals surface area contributed by atoms with Crippen molar-refractivity contribution in [2.24, 2.45) is 0 Å². The Hall–Kier alpha value is -2.84. The number of thiazole rings is 1. The predicted molar refractivity (Wildman–Crippen MR) is 127 cm³/mol. The van der Waals surface area contributed by atoms with E-state index >= 15 is 0 Å². The number of nitrogens with one attached hydrogen (secondary N) is 1. The van der Waals surface area contributed by atoms with Gasteiger partial charge in [0.2, 0.25) is 0 Å². The van der Waals surface area contributed by atoms with Crippen molar-refractivity contribution in [3.8, 4) is 22.9 Å². The highest BCUT2D eigenvalue weighted by molar-refractivity contribution is 7.09. The van der Waals surface area contributed by atoms with Crippen LogP contribution < -0.4 is 14.8 Å². The van der Waals surface area contributed by atoms with Crippen molar-refractivity contribution in [1.82, 2.24) is 14.9 Å². The predicted octanol–water partition coefficient (Wildman–Crippen LogP) is 4.68. The van der Waals surface area contributed by atoms with E-state index in [1.807, 2.05) is 42.6 Å². The first-order valence-corrected chi connectivity index (χ1v) is 11.6. The van der Waals surface area contributed by atoms with Gasteiger partial charge in [-0.2, -0.15) is 0 Å². The number of hydrogen-bond acceptors (Lipinski definition) is 6. The number of methoxy groups -OCH3 is 2. The fourth-order valence-electron chi connectivity index (χ4n) is 3.37. The molecule has 0 atom stereocenters. The van der Waals surface area contributed by atoms with Crippen molar-refractivity contribution in [2.75, 3.05) is 27.4 Å². The number of aromatic nitrogens is 2. The second kappa shape index (κ2) is 11.7. The van der Waals surface area contributed by atoms with E-state index in [9.17, 15) is 4.79 Å². The fraction of sp³-hybridized carbons (Fsp3) is 0.417. The molecule has 0 aliphatic heterocycles. The molecule has 7 nitrogen and oxygen atoms in total. The van der Waals surface area contributed by atoms with E-state index in [2.05, 4.69) is 16.8 Å². The van der Waals surface area contributed by atoms with E-state index in [1.165, 1.54) is 0 Å². The molecule has 3 aromatic rings. The summed E-state index contributed by atoms with van der Waals surface area (Å²) < 4.78 is 18.3. The van der Waals surface area contributed by atoms with Crippen LogP contribution in [0.2, 0.25) is 0 Å². The van der Waals surface area contributed by atoms with Gasteiger partial charge in [-0.1, -0.05) is 13.3 Å². The van der Waals surface area contributed by atoms with E-state index < -0.39 is 0 Å². The van der Waals surface area contributed by atoms with Crippen molar-refractivity contribution in [3.05, 3.63) is 52.0 Å². The highest BCUT2D eigenvalue weighted by Gasteiger charge is 2.20. The zero-order chi connectivity index (χ0) is 22.9. The molecular weight excluding hydrogens is 426 g/mol. The molecule has 0 saturated carbocycles. The smallest absolute Gasteiger partial charge is 0.253 e. The Kier molecular flexibility index (Phi) is 8.70. The molecule has 2 aromatic heterocycles. The van der Waals surface area contributed by atoms with Crippen molar-refractivity contribution in [2.45, 2.75) is 39.8 Å². The van der Waals surface area contributed by atoms with Gasteiger partial charge < -0.3 is 24.1 Å². The first kappa shape index (κ1) is 23.8. The molecule has 2 heterocycles. The van der Waals surface area contributed by atoms with Crippen LogP contribution in [-0.2, 0) is 17.9 Å². The fourth-order valence-corrected chi connectivity index (χ4v) is 4.06. The third-order valence-electron chi connectivity index (χ3n) is 5.17. The van der Waals surface area contributed by atoms with Gasteiger partial charge in [0, 0.05) is 31.3 Å². The largest absolute Gasteiger partial charge is 0.497 e. The monoisotopic (exact) mass is 457 g/mol. The van der Waals surface area contributed by atoms with Crippen molar-refractivity contribution < 1.29 is 19.0 Å². The van der Waals surface area contributed by atoms with Crippen LogP contribution in [0.3, 0.4) is 0 Å². The minimum atomic E-state index is -0.0886. The minimum Gasteiger partial charge on any atom is -0.497 e. The summed E-state index contributed by atoms with van der Waals surface area (Å²) in [5.41, 5.74) is 3.45. The summed E-state index contributed by atoms with van der Waals surface area (Å²) in [6, 6.07) is 9.43. The number of benzene rings is 1. The number of unbranched alkanes of at least 4 members (excludes halogenated alkanes) is 1. The molecule has 0 aliphatic carbocycles. The maximum Gasteiger partial charge on any atom is 0.253 e. The Morgan fingerprint density at radius 2 is 1.94 bits per heavy atom. The van der Waals surface area contributed by atoms with Gasteiger partial charge >= 0.3 is 0 Å².